The number of fused-ring (bicyclic) bond motifs is 1. The zero-order valence-electron chi connectivity index (χ0n) is 16.2. The fourth-order valence-electron chi connectivity index (χ4n) is 3.60. The molecule has 2 atom stereocenters. The van der Waals surface area contributed by atoms with Crippen molar-refractivity contribution in [1.29, 1.82) is 0 Å². The maximum Gasteiger partial charge on any atom is 0.328 e. The molecule has 2 aliphatic rings. The molecule has 2 aliphatic heterocycles. The third-order valence-electron chi connectivity index (χ3n) is 4.97. The van der Waals surface area contributed by atoms with Crippen LogP contribution in [0.5, 0.6) is 5.75 Å². The van der Waals surface area contributed by atoms with E-state index >= 15 is 0 Å². The summed E-state index contributed by atoms with van der Waals surface area (Å²) in [5.41, 5.74) is 2.33. The van der Waals surface area contributed by atoms with E-state index in [0.29, 0.717) is 25.1 Å². The van der Waals surface area contributed by atoms with E-state index in [1.807, 2.05) is 17.0 Å². The first-order chi connectivity index (χ1) is 13.5. The van der Waals surface area contributed by atoms with Crippen molar-refractivity contribution in [3.05, 3.63) is 29.3 Å². The summed E-state index contributed by atoms with van der Waals surface area (Å²) in [7, 11) is 1.31. The number of nitrogens with one attached hydrogen (secondary N) is 1. The summed E-state index contributed by atoms with van der Waals surface area (Å²) in [6.45, 7) is 2.72. The molecule has 1 saturated heterocycles. The lowest BCUT2D eigenvalue weighted by molar-refractivity contribution is -0.145. The lowest BCUT2D eigenvalue weighted by atomic mass is 10.1. The Bertz CT molecular complexity index is 754. The van der Waals surface area contributed by atoms with Gasteiger partial charge >= 0.3 is 5.97 Å². The van der Waals surface area contributed by atoms with E-state index in [1.165, 1.54) is 19.6 Å². The number of thioether (sulfide) groups is 1. The lowest BCUT2D eigenvalue weighted by Gasteiger charge is -2.25. The van der Waals surface area contributed by atoms with Gasteiger partial charge in [0.1, 0.15) is 17.2 Å². The normalized spacial score (nSPS) is 19.1. The predicted octanol–water partition coefficient (Wildman–Crippen LogP) is 2.04. The third-order valence-corrected chi connectivity index (χ3v) is 6.23. The van der Waals surface area contributed by atoms with E-state index in [0.717, 1.165) is 30.8 Å². The average molecular weight is 407 g/mol. The van der Waals surface area contributed by atoms with Gasteiger partial charge < -0.3 is 19.7 Å². The minimum absolute atomic E-state index is 0.0187. The summed E-state index contributed by atoms with van der Waals surface area (Å²) in [6.07, 6.45) is 2.86. The smallest absolute Gasteiger partial charge is 0.328 e. The largest absolute Gasteiger partial charge is 0.493 e. The van der Waals surface area contributed by atoms with E-state index in [2.05, 4.69) is 11.4 Å². The van der Waals surface area contributed by atoms with Crippen molar-refractivity contribution in [2.75, 3.05) is 26.0 Å². The molecular weight excluding hydrogens is 380 g/mol. The number of carbonyl (C=O) groups is 3. The summed E-state index contributed by atoms with van der Waals surface area (Å²) in [6, 6.07) is 5.54. The highest BCUT2D eigenvalue weighted by Gasteiger charge is 2.33. The summed E-state index contributed by atoms with van der Waals surface area (Å²) in [4.78, 5) is 37.3. The number of hydrogen-bond donors (Lipinski definition) is 1. The second-order valence-electron chi connectivity index (χ2n) is 6.99. The first-order valence-electron chi connectivity index (χ1n) is 9.51. The van der Waals surface area contributed by atoms with Gasteiger partial charge in [0.2, 0.25) is 11.8 Å². The number of ether oxygens (including phenoxy) is 2. The van der Waals surface area contributed by atoms with Crippen molar-refractivity contribution in [2.24, 2.45) is 0 Å². The molecule has 2 heterocycles. The van der Waals surface area contributed by atoms with E-state index < -0.39 is 12.0 Å². The van der Waals surface area contributed by atoms with Crippen molar-refractivity contribution in [3.63, 3.8) is 0 Å². The number of rotatable bonds is 8. The van der Waals surface area contributed by atoms with Gasteiger partial charge in [-0.15, -0.1) is 11.8 Å². The molecule has 1 N–H and O–H groups in total. The molecule has 2 amide bonds. The minimum atomic E-state index is -0.640. The van der Waals surface area contributed by atoms with Crippen LogP contribution < -0.4 is 10.1 Å². The lowest BCUT2D eigenvalue weighted by Crippen LogP contribution is -2.40. The summed E-state index contributed by atoms with van der Waals surface area (Å²) in [5, 5.41) is 2.63. The summed E-state index contributed by atoms with van der Waals surface area (Å²) in [5.74, 6) is 0.854. The molecule has 0 saturated carbocycles. The molecular formula is C20H26N2O5S. The molecule has 0 spiro atoms. The predicted molar refractivity (Wildman–Crippen MR) is 106 cm³/mol. The number of hydrogen-bond acceptors (Lipinski definition) is 6. The molecule has 3 rings (SSSR count). The number of carbonyl (C=O) groups excluding carboxylic acids is 3. The Kier molecular flexibility index (Phi) is 6.83. The number of esters is 1. The van der Waals surface area contributed by atoms with Gasteiger partial charge in [-0.25, -0.2) is 4.79 Å². The van der Waals surface area contributed by atoms with Crippen LogP contribution in [-0.2, 0) is 25.5 Å². The number of benzene rings is 1. The molecule has 0 radical (unpaired) electrons. The molecule has 1 fully saturated rings. The Balaban J connectivity index is 1.55. The van der Waals surface area contributed by atoms with Crippen LogP contribution in [0.2, 0.25) is 0 Å². The van der Waals surface area contributed by atoms with Crippen molar-refractivity contribution in [2.45, 2.75) is 44.0 Å². The standard InChI is InChI=1S/C20H26N2O5S/c1-13(23)21-16(20(25)26-2)5-3-4-9-22-18(24)12-28-19(22)15-6-7-17-14(11-15)8-10-27-17/h6-7,11,16,19H,3-5,8-10,12H2,1-2H3,(H,21,23). The van der Waals surface area contributed by atoms with Crippen LogP contribution in [0.25, 0.3) is 0 Å². The van der Waals surface area contributed by atoms with E-state index in [9.17, 15) is 14.4 Å². The van der Waals surface area contributed by atoms with Gasteiger partial charge in [-0.2, -0.15) is 0 Å². The Morgan fingerprint density at radius 3 is 2.96 bits per heavy atom. The van der Waals surface area contributed by atoms with Gasteiger partial charge in [-0.05, 0) is 42.5 Å². The van der Waals surface area contributed by atoms with Crippen molar-refractivity contribution < 1.29 is 23.9 Å². The Morgan fingerprint density at radius 2 is 2.21 bits per heavy atom. The second kappa shape index (κ2) is 9.32. The first kappa shape index (κ1) is 20.5. The maximum absolute atomic E-state index is 12.4. The molecule has 0 aromatic heterocycles. The van der Waals surface area contributed by atoms with Crippen LogP contribution in [0.3, 0.4) is 0 Å². The Morgan fingerprint density at radius 1 is 1.39 bits per heavy atom. The van der Waals surface area contributed by atoms with E-state index in [1.54, 1.807) is 11.8 Å². The van der Waals surface area contributed by atoms with Gasteiger partial charge in [-0.1, -0.05) is 6.07 Å². The van der Waals surface area contributed by atoms with Gasteiger partial charge in [0.15, 0.2) is 0 Å². The van der Waals surface area contributed by atoms with Crippen molar-refractivity contribution >= 4 is 29.5 Å². The summed E-state index contributed by atoms with van der Waals surface area (Å²) < 4.78 is 10.3. The molecule has 28 heavy (non-hydrogen) atoms. The first-order valence-corrected chi connectivity index (χ1v) is 10.6. The van der Waals surface area contributed by atoms with E-state index in [4.69, 9.17) is 9.47 Å². The SMILES string of the molecule is COC(=O)C(CCCCN1C(=O)CSC1c1ccc2c(c1)CCO2)NC(C)=O. The maximum atomic E-state index is 12.4. The topological polar surface area (TPSA) is 84.9 Å². The highest BCUT2D eigenvalue weighted by Crippen LogP contribution is 2.40. The zero-order valence-corrected chi connectivity index (χ0v) is 17.0. The summed E-state index contributed by atoms with van der Waals surface area (Å²) >= 11 is 1.64. The minimum Gasteiger partial charge on any atom is -0.493 e. The molecule has 8 heteroatoms. The molecule has 152 valence electrons. The number of unbranched alkanes of at least 4 members (excludes halogenated alkanes) is 1. The molecule has 7 nitrogen and oxygen atoms in total. The van der Waals surface area contributed by atoms with Gasteiger partial charge in [0.25, 0.3) is 0 Å². The highest BCUT2D eigenvalue weighted by molar-refractivity contribution is 8.00. The Labute approximate surface area is 169 Å². The fourth-order valence-corrected chi connectivity index (χ4v) is 4.81. The number of methoxy groups -OCH3 is 1. The van der Waals surface area contributed by atoms with Crippen LogP contribution >= 0.6 is 11.8 Å². The number of nitrogens with zero attached hydrogens (tertiary/aromatic N) is 1. The van der Waals surface area contributed by atoms with E-state index in [-0.39, 0.29) is 17.2 Å². The molecule has 1 aromatic carbocycles. The van der Waals surface area contributed by atoms with Crippen molar-refractivity contribution in [3.8, 4) is 5.75 Å². The van der Waals surface area contributed by atoms with Gasteiger partial charge in [0.05, 0.1) is 19.5 Å². The molecule has 2 unspecified atom stereocenters. The second-order valence-corrected chi connectivity index (χ2v) is 8.06. The van der Waals surface area contributed by atoms with Crippen LogP contribution in [0, 0.1) is 0 Å². The van der Waals surface area contributed by atoms with Gasteiger partial charge in [-0.3, -0.25) is 9.59 Å². The van der Waals surface area contributed by atoms with Crippen LogP contribution in [0.1, 0.15) is 42.7 Å². The van der Waals surface area contributed by atoms with Crippen molar-refractivity contribution in [1.82, 2.24) is 10.2 Å². The Hall–Kier alpha value is -2.22. The highest BCUT2D eigenvalue weighted by atomic mass is 32.2. The van der Waals surface area contributed by atoms with Crippen LogP contribution in [-0.4, -0.2) is 54.7 Å². The molecule has 0 aliphatic carbocycles. The average Bonchev–Trinajstić information content (AvgIpc) is 3.29. The molecule has 1 aromatic rings. The zero-order chi connectivity index (χ0) is 20.1. The number of amides is 2. The van der Waals surface area contributed by atoms with Crippen LogP contribution in [0.15, 0.2) is 18.2 Å². The molecule has 0 bridgehead atoms. The monoisotopic (exact) mass is 406 g/mol. The quantitative estimate of drug-likeness (QED) is 0.525. The van der Waals surface area contributed by atoms with Gasteiger partial charge in [0, 0.05) is 19.9 Å². The van der Waals surface area contributed by atoms with Crippen LogP contribution in [0.4, 0.5) is 0 Å². The third kappa shape index (κ3) is 4.79. The fraction of sp³-hybridized carbons (Fsp3) is 0.550.